The van der Waals surface area contributed by atoms with Crippen molar-refractivity contribution >= 4 is 34.0 Å². The number of aromatic nitrogens is 1. The first kappa shape index (κ1) is 14.5. The Morgan fingerprint density at radius 3 is 2.64 bits per heavy atom. The van der Waals surface area contributed by atoms with Gasteiger partial charge in [-0.1, -0.05) is 47.7 Å². The predicted molar refractivity (Wildman–Crippen MR) is 91.8 cm³/mol. The molecule has 3 aromatic rings. The normalized spacial score (nSPS) is 11.8. The standard InChI is InChI=1S/C17H16N2O2S/c1-11(2)19-16(20)15(22-17(19)21)10-18-14-9-5-7-12-6-3-4-8-13(12)14/h3-11,20H,1-2H3. The molecule has 4 nitrogen and oxygen atoms in total. The monoisotopic (exact) mass is 312 g/mol. The maximum Gasteiger partial charge on any atom is 0.310 e. The lowest BCUT2D eigenvalue weighted by Gasteiger charge is -2.06. The molecule has 0 saturated carbocycles. The number of fused-ring (bicyclic) bond motifs is 1. The zero-order valence-electron chi connectivity index (χ0n) is 12.4. The molecule has 2 aromatic carbocycles. The van der Waals surface area contributed by atoms with E-state index in [2.05, 4.69) is 4.99 Å². The van der Waals surface area contributed by atoms with Crippen LogP contribution in [0.2, 0.25) is 0 Å². The third kappa shape index (κ3) is 2.55. The number of nitrogens with zero attached hydrogens (tertiary/aromatic N) is 2. The summed E-state index contributed by atoms with van der Waals surface area (Å²) in [5, 5.41) is 12.3. The Labute approximate surface area is 132 Å². The van der Waals surface area contributed by atoms with E-state index in [0.717, 1.165) is 27.8 Å². The summed E-state index contributed by atoms with van der Waals surface area (Å²) in [6, 6.07) is 13.8. The van der Waals surface area contributed by atoms with Crippen LogP contribution in [-0.2, 0) is 0 Å². The summed E-state index contributed by atoms with van der Waals surface area (Å²) in [6.45, 7) is 3.72. The van der Waals surface area contributed by atoms with Crippen molar-refractivity contribution in [2.75, 3.05) is 0 Å². The van der Waals surface area contributed by atoms with Gasteiger partial charge in [0.25, 0.3) is 0 Å². The van der Waals surface area contributed by atoms with Crippen LogP contribution < -0.4 is 4.87 Å². The van der Waals surface area contributed by atoms with Crippen molar-refractivity contribution in [3.05, 3.63) is 57.0 Å². The van der Waals surface area contributed by atoms with E-state index in [4.69, 9.17) is 0 Å². The van der Waals surface area contributed by atoms with Crippen LogP contribution in [0.5, 0.6) is 5.88 Å². The molecule has 112 valence electrons. The minimum atomic E-state index is -0.174. The first-order valence-corrected chi connectivity index (χ1v) is 7.85. The number of rotatable bonds is 3. The van der Waals surface area contributed by atoms with E-state index in [1.54, 1.807) is 6.21 Å². The van der Waals surface area contributed by atoms with E-state index in [-0.39, 0.29) is 16.8 Å². The lowest BCUT2D eigenvalue weighted by molar-refractivity contribution is 0.395. The number of aromatic hydroxyl groups is 1. The Morgan fingerprint density at radius 2 is 1.91 bits per heavy atom. The van der Waals surface area contributed by atoms with Crippen LogP contribution in [0.3, 0.4) is 0 Å². The Kier molecular flexibility index (Phi) is 3.81. The molecule has 0 amide bonds. The van der Waals surface area contributed by atoms with Gasteiger partial charge in [-0.25, -0.2) is 0 Å². The number of benzene rings is 2. The van der Waals surface area contributed by atoms with Crippen LogP contribution in [-0.4, -0.2) is 15.9 Å². The third-order valence-corrected chi connectivity index (χ3v) is 4.33. The first-order valence-electron chi connectivity index (χ1n) is 7.04. The molecule has 1 N–H and O–H groups in total. The highest BCUT2D eigenvalue weighted by Crippen LogP contribution is 2.27. The van der Waals surface area contributed by atoms with Gasteiger partial charge in [-0.3, -0.25) is 14.4 Å². The second-order valence-electron chi connectivity index (χ2n) is 5.28. The summed E-state index contributed by atoms with van der Waals surface area (Å²) in [6.07, 6.45) is 1.56. The zero-order valence-corrected chi connectivity index (χ0v) is 13.2. The molecule has 1 aromatic heterocycles. The van der Waals surface area contributed by atoms with E-state index in [0.29, 0.717) is 4.88 Å². The van der Waals surface area contributed by atoms with Crippen LogP contribution in [0.25, 0.3) is 10.8 Å². The molecule has 0 spiro atoms. The Bertz CT molecular complexity index is 901. The molecular formula is C17H16N2O2S. The van der Waals surface area contributed by atoms with E-state index in [9.17, 15) is 9.90 Å². The fourth-order valence-corrected chi connectivity index (χ4v) is 3.26. The second-order valence-corrected chi connectivity index (χ2v) is 6.27. The molecule has 0 aliphatic heterocycles. The molecule has 0 atom stereocenters. The number of thiazole rings is 1. The van der Waals surface area contributed by atoms with Crippen LogP contribution in [0, 0.1) is 0 Å². The van der Waals surface area contributed by atoms with Gasteiger partial charge in [0.05, 0.1) is 11.9 Å². The number of hydrogen-bond donors (Lipinski definition) is 1. The summed E-state index contributed by atoms with van der Waals surface area (Å²) in [5.74, 6) is -0.0195. The van der Waals surface area contributed by atoms with Crippen LogP contribution >= 0.6 is 11.3 Å². The second kappa shape index (κ2) is 5.77. The Hall–Kier alpha value is -2.40. The molecule has 0 fully saturated rings. The molecule has 0 radical (unpaired) electrons. The highest BCUT2D eigenvalue weighted by molar-refractivity contribution is 7.11. The molecule has 0 unspecified atom stereocenters. The lowest BCUT2D eigenvalue weighted by Crippen LogP contribution is -2.14. The van der Waals surface area contributed by atoms with E-state index < -0.39 is 0 Å². The molecular weight excluding hydrogens is 296 g/mol. The van der Waals surface area contributed by atoms with Crippen LogP contribution in [0.4, 0.5) is 5.69 Å². The molecule has 22 heavy (non-hydrogen) atoms. The number of aliphatic imine (C=N–C) groups is 1. The summed E-state index contributed by atoms with van der Waals surface area (Å²) in [4.78, 5) is 16.6. The van der Waals surface area contributed by atoms with E-state index in [1.165, 1.54) is 4.57 Å². The third-order valence-electron chi connectivity index (χ3n) is 3.45. The molecule has 0 aliphatic carbocycles. The molecule has 0 saturated heterocycles. The highest BCUT2D eigenvalue weighted by atomic mass is 32.1. The maximum absolute atomic E-state index is 11.9. The summed E-state index contributed by atoms with van der Waals surface area (Å²) >= 11 is 1.00. The Morgan fingerprint density at radius 1 is 1.18 bits per heavy atom. The first-order chi connectivity index (χ1) is 10.6. The fourth-order valence-electron chi connectivity index (χ4n) is 2.38. The van der Waals surface area contributed by atoms with Crippen LogP contribution in [0.15, 0.2) is 52.3 Å². The largest absolute Gasteiger partial charge is 0.493 e. The minimum absolute atomic E-state index is 0.0195. The van der Waals surface area contributed by atoms with Gasteiger partial charge in [0.15, 0.2) is 0 Å². The molecule has 3 rings (SSSR count). The minimum Gasteiger partial charge on any atom is -0.493 e. The van der Waals surface area contributed by atoms with Crippen LogP contribution in [0.1, 0.15) is 24.8 Å². The number of hydrogen-bond acceptors (Lipinski definition) is 4. The van der Waals surface area contributed by atoms with E-state index in [1.807, 2.05) is 56.3 Å². The van der Waals surface area contributed by atoms with Gasteiger partial charge in [0, 0.05) is 11.4 Å². The van der Waals surface area contributed by atoms with Gasteiger partial charge in [0.2, 0.25) is 5.88 Å². The zero-order chi connectivity index (χ0) is 15.7. The smallest absolute Gasteiger partial charge is 0.310 e. The average Bonchev–Trinajstić information content (AvgIpc) is 2.79. The van der Waals surface area contributed by atoms with Crippen molar-refractivity contribution in [3.63, 3.8) is 0 Å². The predicted octanol–water partition coefficient (Wildman–Crippen LogP) is 4.10. The van der Waals surface area contributed by atoms with Crippen molar-refractivity contribution in [3.8, 4) is 5.88 Å². The summed E-state index contributed by atoms with van der Waals surface area (Å²) in [7, 11) is 0. The van der Waals surface area contributed by atoms with E-state index >= 15 is 0 Å². The van der Waals surface area contributed by atoms with Gasteiger partial charge < -0.3 is 5.11 Å². The van der Waals surface area contributed by atoms with Crippen molar-refractivity contribution < 1.29 is 5.11 Å². The topological polar surface area (TPSA) is 54.6 Å². The highest BCUT2D eigenvalue weighted by Gasteiger charge is 2.14. The van der Waals surface area contributed by atoms with Gasteiger partial charge >= 0.3 is 4.87 Å². The quantitative estimate of drug-likeness (QED) is 0.740. The maximum atomic E-state index is 11.9. The van der Waals surface area contributed by atoms with Gasteiger partial charge in [-0.05, 0) is 25.3 Å². The summed E-state index contributed by atoms with van der Waals surface area (Å²) < 4.78 is 1.37. The summed E-state index contributed by atoms with van der Waals surface area (Å²) in [5.41, 5.74) is 0.814. The lowest BCUT2D eigenvalue weighted by atomic mass is 10.1. The van der Waals surface area contributed by atoms with Crippen molar-refractivity contribution in [2.24, 2.45) is 4.99 Å². The molecule has 5 heteroatoms. The SMILES string of the molecule is CC(C)n1c(O)c(C=Nc2cccc3ccccc23)sc1=O. The Balaban J connectivity index is 2.04. The van der Waals surface area contributed by atoms with Gasteiger partial charge in [-0.15, -0.1) is 0 Å². The van der Waals surface area contributed by atoms with Gasteiger partial charge in [-0.2, -0.15) is 0 Å². The molecule has 0 aliphatic rings. The van der Waals surface area contributed by atoms with Crippen molar-refractivity contribution in [1.29, 1.82) is 0 Å². The van der Waals surface area contributed by atoms with Gasteiger partial charge in [0.1, 0.15) is 4.88 Å². The van der Waals surface area contributed by atoms with Crippen molar-refractivity contribution in [2.45, 2.75) is 19.9 Å². The fraction of sp³-hybridized carbons (Fsp3) is 0.176. The van der Waals surface area contributed by atoms with Crippen molar-refractivity contribution in [1.82, 2.24) is 4.57 Å². The molecule has 1 heterocycles. The molecule has 0 bridgehead atoms. The average molecular weight is 312 g/mol.